The molecule has 1 aromatic heterocycles. The maximum atomic E-state index is 14.1. The summed E-state index contributed by atoms with van der Waals surface area (Å²) in [6, 6.07) is 17.1. The average molecular weight is 302 g/mol. The molecular weight excluding hydrogens is 293 g/mol. The zero-order chi connectivity index (χ0) is 12.5. The molecule has 3 aromatic rings. The highest BCUT2D eigenvalue weighted by molar-refractivity contribution is 9.10. The van der Waals surface area contributed by atoms with E-state index in [-0.39, 0.29) is 0 Å². The van der Waals surface area contributed by atoms with Crippen LogP contribution in [0.2, 0.25) is 0 Å². The number of aromatic nitrogens is 1. The second-order valence-corrected chi connectivity index (χ2v) is 4.86. The van der Waals surface area contributed by atoms with Crippen LogP contribution >= 0.6 is 15.9 Å². The fourth-order valence-corrected chi connectivity index (χ4v) is 2.52. The molecule has 1 nitrogen and oxygen atoms in total. The number of hydrogen-bond acceptors (Lipinski definition) is 1. The molecule has 0 atom stereocenters. The molecular formula is C15H9BrFN. The number of nitrogens with zero attached hydrogens (tertiary/aromatic N) is 1. The van der Waals surface area contributed by atoms with Crippen LogP contribution in [-0.4, -0.2) is 4.98 Å². The predicted molar refractivity (Wildman–Crippen MR) is 74.8 cm³/mol. The van der Waals surface area contributed by atoms with Crippen molar-refractivity contribution in [3.8, 4) is 11.3 Å². The van der Waals surface area contributed by atoms with Crippen LogP contribution in [0, 0.1) is 5.95 Å². The average Bonchev–Trinajstić information content (AvgIpc) is 2.39. The first-order chi connectivity index (χ1) is 8.75. The summed E-state index contributed by atoms with van der Waals surface area (Å²) in [6.45, 7) is 0. The highest BCUT2D eigenvalue weighted by Crippen LogP contribution is 2.29. The van der Waals surface area contributed by atoms with Crippen molar-refractivity contribution in [3.05, 3.63) is 65.0 Å². The molecule has 0 radical (unpaired) electrons. The number of pyridine rings is 1. The minimum atomic E-state index is -0.446. The molecule has 0 amide bonds. The van der Waals surface area contributed by atoms with E-state index >= 15 is 0 Å². The smallest absolute Gasteiger partial charge is 0.219 e. The molecule has 0 spiro atoms. The van der Waals surface area contributed by atoms with Crippen molar-refractivity contribution < 1.29 is 4.39 Å². The maximum Gasteiger partial charge on any atom is 0.222 e. The van der Waals surface area contributed by atoms with Gasteiger partial charge in [0, 0.05) is 10.0 Å². The first-order valence-corrected chi connectivity index (χ1v) is 6.35. The summed E-state index contributed by atoms with van der Waals surface area (Å²) < 4.78 is 14.8. The van der Waals surface area contributed by atoms with Crippen molar-refractivity contribution in [2.24, 2.45) is 0 Å². The number of fused-ring (bicyclic) bond motifs is 1. The van der Waals surface area contributed by atoms with E-state index in [9.17, 15) is 4.39 Å². The number of halogens is 2. The van der Waals surface area contributed by atoms with Crippen LogP contribution in [0.3, 0.4) is 0 Å². The minimum absolute atomic E-state index is 0.446. The Morgan fingerprint density at radius 2 is 1.72 bits per heavy atom. The van der Waals surface area contributed by atoms with Crippen molar-refractivity contribution in [2.75, 3.05) is 0 Å². The van der Waals surface area contributed by atoms with E-state index in [1.165, 1.54) is 0 Å². The molecule has 0 N–H and O–H groups in total. The van der Waals surface area contributed by atoms with Gasteiger partial charge < -0.3 is 0 Å². The fourth-order valence-electron chi connectivity index (χ4n) is 1.98. The molecule has 0 bridgehead atoms. The number of benzene rings is 2. The molecule has 0 saturated heterocycles. The summed E-state index contributed by atoms with van der Waals surface area (Å²) in [4.78, 5) is 4.04. The van der Waals surface area contributed by atoms with Gasteiger partial charge in [0.1, 0.15) is 0 Å². The lowest BCUT2D eigenvalue weighted by Crippen LogP contribution is -1.91. The van der Waals surface area contributed by atoms with Crippen molar-refractivity contribution in [1.82, 2.24) is 4.98 Å². The van der Waals surface area contributed by atoms with Gasteiger partial charge in [-0.3, -0.25) is 0 Å². The van der Waals surface area contributed by atoms with Crippen molar-refractivity contribution in [3.63, 3.8) is 0 Å². The second kappa shape index (κ2) is 4.50. The third-order valence-corrected chi connectivity index (χ3v) is 3.49. The Labute approximate surface area is 112 Å². The standard InChI is InChI=1S/C15H9BrFN/c16-12-8-4-7-11-9-13(18-15(17)14(11)12)10-5-2-1-3-6-10/h1-9H. The van der Waals surface area contributed by atoms with Gasteiger partial charge >= 0.3 is 0 Å². The largest absolute Gasteiger partial charge is 0.222 e. The first kappa shape index (κ1) is 11.4. The van der Waals surface area contributed by atoms with E-state index in [1.54, 1.807) is 0 Å². The van der Waals surface area contributed by atoms with E-state index in [0.717, 1.165) is 15.4 Å². The van der Waals surface area contributed by atoms with E-state index < -0.39 is 5.95 Å². The minimum Gasteiger partial charge on any atom is -0.219 e. The quantitative estimate of drug-likeness (QED) is 0.588. The highest BCUT2D eigenvalue weighted by atomic mass is 79.9. The van der Waals surface area contributed by atoms with Crippen LogP contribution in [-0.2, 0) is 0 Å². The van der Waals surface area contributed by atoms with Crippen LogP contribution < -0.4 is 0 Å². The van der Waals surface area contributed by atoms with Gasteiger partial charge in [-0.25, -0.2) is 4.98 Å². The molecule has 2 aromatic carbocycles. The lowest BCUT2D eigenvalue weighted by atomic mass is 10.1. The van der Waals surface area contributed by atoms with Crippen molar-refractivity contribution in [1.29, 1.82) is 0 Å². The summed E-state index contributed by atoms with van der Waals surface area (Å²) in [5.74, 6) is -0.446. The monoisotopic (exact) mass is 301 g/mol. The second-order valence-electron chi connectivity index (χ2n) is 4.00. The number of rotatable bonds is 1. The topological polar surface area (TPSA) is 12.9 Å². The van der Waals surface area contributed by atoms with Crippen molar-refractivity contribution in [2.45, 2.75) is 0 Å². The third-order valence-electron chi connectivity index (χ3n) is 2.83. The zero-order valence-corrected chi connectivity index (χ0v) is 11.0. The van der Waals surface area contributed by atoms with Crippen molar-refractivity contribution >= 4 is 26.7 Å². The van der Waals surface area contributed by atoms with Gasteiger partial charge in [0.25, 0.3) is 0 Å². The van der Waals surface area contributed by atoms with E-state index in [1.807, 2.05) is 54.6 Å². The van der Waals surface area contributed by atoms with Gasteiger partial charge in [0.15, 0.2) is 0 Å². The Hall–Kier alpha value is -1.74. The Kier molecular flexibility index (Phi) is 2.84. The van der Waals surface area contributed by atoms with Crippen LogP contribution in [0.25, 0.3) is 22.0 Å². The Balaban J connectivity index is 2.29. The predicted octanol–water partition coefficient (Wildman–Crippen LogP) is 4.80. The lowest BCUT2D eigenvalue weighted by molar-refractivity contribution is 0.598. The Morgan fingerprint density at radius 3 is 2.50 bits per heavy atom. The van der Waals surface area contributed by atoms with Gasteiger partial charge in [0.2, 0.25) is 5.95 Å². The molecule has 0 unspecified atom stereocenters. The molecule has 3 rings (SSSR count). The van der Waals surface area contributed by atoms with Gasteiger partial charge in [-0.05, 0) is 33.4 Å². The molecule has 18 heavy (non-hydrogen) atoms. The molecule has 0 fully saturated rings. The maximum absolute atomic E-state index is 14.1. The summed E-state index contributed by atoms with van der Waals surface area (Å²) in [6.07, 6.45) is 0. The van der Waals surface area contributed by atoms with Gasteiger partial charge in [-0.15, -0.1) is 0 Å². The summed E-state index contributed by atoms with van der Waals surface area (Å²) in [5, 5.41) is 1.37. The highest BCUT2D eigenvalue weighted by Gasteiger charge is 2.09. The van der Waals surface area contributed by atoms with Gasteiger partial charge in [0.05, 0.1) is 11.1 Å². The van der Waals surface area contributed by atoms with Gasteiger partial charge in [-0.1, -0.05) is 42.5 Å². The van der Waals surface area contributed by atoms with E-state index in [2.05, 4.69) is 20.9 Å². The lowest BCUT2D eigenvalue weighted by Gasteiger charge is -2.06. The molecule has 88 valence electrons. The molecule has 0 saturated carbocycles. The van der Waals surface area contributed by atoms with Crippen LogP contribution in [0.1, 0.15) is 0 Å². The molecule has 1 heterocycles. The molecule has 0 aliphatic rings. The van der Waals surface area contributed by atoms with Crippen LogP contribution in [0.5, 0.6) is 0 Å². The third kappa shape index (κ3) is 1.91. The zero-order valence-electron chi connectivity index (χ0n) is 9.40. The normalized spacial score (nSPS) is 10.8. The molecule has 0 aliphatic heterocycles. The first-order valence-electron chi connectivity index (χ1n) is 5.56. The fraction of sp³-hybridized carbons (Fsp3) is 0. The van der Waals surface area contributed by atoms with E-state index in [4.69, 9.17) is 0 Å². The summed E-state index contributed by atoms with van der Waals surface area (Å²) in [7, 11) is 0. The Morgan fingerprint density at radius 1 is 0.944 bits per heavy atom. The van der Waals surface area contributed by atoms with Gasteiger partial charge in [-0.2, -0.15) is 4.39 Å². The van der Waals surface area contributed by atoms with Crippen LogP contribution in [0.4, 0.5) is 4.39 Å². The Bertz CT molecular complexity index is 710. The SMILES string of the molecule is Fc1nc(-c2ccccc2)cc2cccc(Br)c12. The summed E-state index contributed by atoms with van der Waals surface area (Å²) in [5.41, 5.74) is 1.57. The number of hydrogen-bond donors (Lipinski definition) is 0. The van der Waals surface area contributed by atoms with Crippen LogP contribution in [0.15, 0.2) is 59.1 Å². The molecule has 0 aliphatic carbocycles. The molecule has 3 heteroatoms. The summed E-state index contributed by atoms with van der Waals surface area (Å²) >= 11 is 3.35. The van der Waals surface area contributed by atoms with E-state index in [0.29, 0.717) is 11.1 Å².